The molecule has 1 rings (SSSR count). The molecule has 1 aromatic carbocycles. The molecule has 0 aromatic heterocycles. The van der Waals surface area contributed by atoms with Crippen molar-refractivity contribution < 1.29 is 9.47 Å². The Bertz CT molecular complexity index is 439. The second-order valence-corrected chi connectivity index (χ2v) is 4.82. The smallest absolute Gasteiger partial charge is 0.124 e. The maximum absolute atomic E-state index is 7.76. The number of nitrogens with zero attached hydrogens (tertiary/aromatic N) is 1. The average molecular weight is 293 g/mol. The Morgan fingerprint density at radius 2 is 1.71 bits per heavy atom. The van der Waals surface area contributed by atoms with E-state index in [1.807, 2.05) is 32.9 Å². The van der Waals surface area contributed by atoms with E-state index in [1.165, 1.54) is 0 Å². The minimum Gasteiger partial charge on any atom is -0.384 e. The predicted octanol–water partition coefficient (Wildman–Crippen LogP) is 2.16. The zero-order valence-corrected chi connectivity index (χ0v) is 13.3. The van der Waals surface area contributed by atoms with Gasteiger partial charge in [-0.1, -0.05) is 6.07 Å². The van der Waals surface area contributed by atoms with Crippen LogP contribution in [0.3, 0.4) is 0 Å². The van der Waals surface area contributed by atoms with E-state index in [0.29, 0.717) is 26.4 Å². The molecule has 5 heteroatoms. The third-order valence-corrected chi connectivity index (χ3v) is 3.20. The molecular formula is C16H27N3O2. The quantitative estimate of drug-likeness (QED) is 0.394. The Morgan fingerprint density at radius 3 is 2.19 bits per heavy atom. The first-order valence-corrected chi connectivity index (χ1v) is 7.45. The van der Waals surface area contributed by atoms with Crippen LogP contribution in [0.5, 0.6) is 0 Å². The number of nitrogens with one attached hydrogen (secondary N) is 1. The molecule has 0 saturated heterocycles. The zero-order valence-electron chi connectivity index (χ0n) is 13.3. The fourth-order valence-corrected chi connectivity index (χ4v) is 2.12. The number of amidine groups is 1. The second-order valence-electron chi connectivity index (χ2n) is 4.82. The van der Waals surface area contributed by atoms with Gasteiger partial charge in [-0.05, 0) is 38.5 Å². The van der Waals surface area contributed by atoms with Gasteiger partial charge in [-0.25, -0.2) is 0 Å². The van der Waals surface area contributed by atoms with E-state index in [0.717, 1.165) is 29.9 Å². The topological polar surface area (TPSA) is 71.6 Å². The maximum atomic E-state index is 7.76. The summed E-state index contributed by atoms with van der Waals surface area (Å²) >= 11 is 0. The van der Waals surface area contributed by atoms with Gasteiger partial charge in [0.15, 0.2) is 0 Å². The van der Waals surface area contributed by atoms with Gasteiger partial charge in [0.2, 0.25) is 0 Å². The first-order valence-electron chi connectivity index (χ1n) is 7.45. The second kappa shape index (κ2) is 9.37. The molecule has 0 aliphatic heterocycles. The van der Waals surface area contributed by atoms with Crippen molar-refractivity contribution in [2.24, 2.45) is 5.73 Å². The minimum atomic E-state index is 0.0859. The highest BCUT2D eigenvalue weighted by Gasteiger charge is 2.13. The molecule has 0 amide bonds. The molecule has 21 heavy (non-hydrogen) atoms. The number of ether oxygens (including phenoxy) is 2. The molecule has 0 spiro atoms. The molecule has 3 N–H and O–H groups in total. The number of nitrogen functional groups attached to an aromatic ring is 1. The van der Waals surface area contributed by atoms with Crippen LogP contribution in [0.15, 0.2) is 18.2 Å². The van der Waals surface area contributed by atoms with Crippen LogP contribution in [-0.4, -0.2) is 45.4 Å². The summed E-state index contributed by atoms with van der Waals surface area (Å²) in [6, 6.07) is 5.94. The summed E-state index contributed by atoms with van der Waals surface area (Å²) < 4.78 is 10.9. The number of anilines is 1. The van der Waals surface area contributed by atoms with Crippen LogP contribution in [0, 0.1) is 12.3 Å². The predicted molar refractivity (Wildman–Crippen MR) is 87.4 cm³/mol. The van der Waals surface area contributed by atoms with Crippen molar-refractivity contribution in [2.45, 2.75) is 20.8 Å². The van der Waals surface area contributed by atoms with Crippen molar-refractivity contribution in [3.63, 3.8) is 0 Å². The van der Waals surface area contributed by atoms with Crippen LogP contribution in [-0.2, 0) is 9.47 Å². The molecule has 0 aliphatic rings. The molecule has 0 heterocycles. The van der Waals surface area contributed by atoms with Crippen molar-refractivity contribution in [1.82, 2.24) is 0 Å². The Kier molecular flexibility index (Phi) is 7.79. The van der Waals surface area contributed by atoms with E-state index < -0.39 is 0 Å². The molecule has 1 aromatic rings. The summed E-state index contributed by atoms with van der Waals surface area (Å²) in [4.78, 5) is 2.18. The Hall–Kier alpha value is -1.59. The van der Waals surface area contributed by atoms with E-state index >= 15 is 0 Å². The highest BCUT2D eigenvalue weighted by molar-refractivity contribution is 6.00. The van der Waals surface area contributed by atoms with Crippen LogP contribution in [0.1, 0.15) is 25.0 Å². The van der Waals surface area contributed by atoms with E-state index in [2.05, 4.69) is 11.0 Å². The van der Waals surface area contributed by atoms with Crippen LogP contribution in [0.4, 0.5) is 5.69 Å². The Balaban J connectivity index is 2.93. The van der Waals surface area contributed by atoms with Gasteiger partial charge in [0, 0.05) is 37.6 Å². The van der Waals surface area contributed by atoms with E-state index in [4.69, 9.17) is 20.6 Å². The molecule has 0 fully saturated rings. The first-order chi connectivity index (χ1) is 10.1. The third-order valence-electron chi connectivity index (χ3n) is 3.20. The Morgan fingerprint density at radius 1 is 1.14 bits per heavy atom. The molecule has 0 atom stereocenters. The lowest BCUT2D eigenvalue weighted by atomic mass is 10.1. The van der Waals surface area contributed by atoms with E-state index in [9.17, 15) is 0 Å². The van der Waals surface area contributed by atoms with E-state index in [1.54, 1.807) is 0 Å². The zero-order chi connectivity index (χ0) is 15.7. The van der Waals surface area contributed by atoms with Gasteiger partial charge in [0.05, 0.1) is 13.2 Å². The summed E-state index contributed by atoms with van der Waals surface area (Å²) in [5.41, 5.74) is 8.58. The normalized spacial score (nSPS) is 10.6. The van der Waals surface area contributed by atoms with Gasteiger partial charge in [-0.15, -0.1) is 0 Å². The van der Waals surface area contributed by atoms with Crippen LogP contribution >= 0.6 is 0 Å². The molecule has 0 saturated carbocycles. The van der Waals surface area contributed by atoms with Crippen LogP contribution < -0.4 is 10.6 Å². The first kappa shape index (κ1) is 17.5. The van der Waals surface area contributed by atoms with E-state index in [-0.39, 0.29) is 5.84 Å². The van der Waals surface area contributed by atoms with Gasteiger partial charge in [-0.2, -0.15) is 0 Å². The molecule has 0 aliphatic carbocycles. The molecule has 0 radical (unpaired) electrons. The van der Waals surface area contributed by atoms with Crippen molar-refractivity contribution >= 4 is 11.5 Å². The number of hydrogen-bond donors (Lipinski definition) is 2. The monoisotopic (exact) mass is 293 g/mol. The number of hydrogen-bond acceptors (Lipinski definition) is 4. The summed E-state index contributed by atoms with van der Waals surface area (Å²) in [5.74, 6) is 0.0859. The molecule has 118 valence electrons. The molecular weight excluding hydrogens is 266 g/mol. The lowest BCUT2D eigenvalue weighted by Crippen LogP contribution is -2.33. The highest BCUT2D eigenvalue weighted by atomic mass is 16.5. The number of rotatable bonds is 10. The van der Waals surface area contributed by atoms with Crippen molar-refractivity contribution in [3.05, 3.63) is 29.3 Å². The number of aryl methyl sites for hydroxylation is 1. The molecule has 0 unspecified atom stereocenters. The summed E-state index contributed by atoms with van der Waals surface area (Å²) in [5, 5.41) is 7.76. The van der Waals surface area contributed by atoms with Crippen molar-refractivity contribution in [1.29, 1.82) is 5.41 Å². The van der Waals surface area contributed by atoms with Crippen LogP contribution in [0.2, 0.25) is 0 Å². The Labute approximate surface area is 127 Å². The fourth-order valence-electron chi connectivity index (χ4n) is 2.12. The summed E-state index contributed by atoms with van der Waals surface area (Å²) in [7, 11) is 0. The van der Waals surface area contributed by atoms with Gasteiger partial charge < -0.3 is 20.1 Å². The van der Waals surface area contributed by atoms with Crippen molar-refractivity contribution in [3.8, 4) is 0 Å². The number of benzene rings is 1. The maximum Gasteiger partial charge on any atom is 0.124 e. The van der Waals surface area contributed by atoms with Gasteiger partial charge in [0.25, 0.3) is 0 Å². The number of nitrogens with two attached hydrogens (primary N) is 1. The summed E-state index contributed by atoms with van der Waals surface area (Å²) in [6.45, 7) is 10.2. The average Bonchev–Trinajstić information content (AvgIpc) is 2.45. The standard InChI is InChI=1S/C16H27N3O2/c1-4-20-10-8-19(9-11-21-5-2)15-12-13(3)6-7-14(15)16(17)18/h6-7,12H,4-5,8-11H2,1-3H3,(H3,17,18). The van der Waals surface area contributed by atoms with Crippen LogP contribution in [0.25, 0.3) is 0 Å². The molecule has 5 nitrogen and oxygen atoms in total. The largest absolute Gasteiger partial charge is 0.384 e. The van der Waals surface area contributed by atoms with Crippen molar-refractivity contribution in [2.75, 3.05) is 44.4 Å². The lowest BCUT2D eigenvalue weighted by molar-refractivity contribution is 0.141. The molecule has 0 bridgehead atoms. The van der Waals surface area contributed by atoms with Gasteiger partial charge in [-0.3, -0.25) is 5.41 Å². The minimum absolute atomic E-state index is 0.0859. The SMILES string of the molecule is CCOCCN(CCOCC)c1cc(C)ccc1C(=N)N. The lowest BCUT2D eigenvalue weighted by Gasteiger charge is -2.27. The third kappa shape index (κ3) is 5.73. The fraction of sp³-hybridized carbons (Fsp3) is 0.562. The summed E-state index contributed by atoms with van der Waals surface area (Å²) in [6.07, 6.45) is 0. The van der Waals surface area contributed by atoms with Gasteiger partial charge in [0.1, 0.15) is 5.84 Å². The van der Waals surface area contributed by atoms with Gasteiger partial charge >= 0.3 is 0 Å². The highest BCUT2D eigenvalue weighted by Crippen LogP contribution is 2.22.